The molecule has 0 aliphatic carbocycles. The Labute approximate surface area is 141 Å². The number of rotatable bonds is 4. The van der Waals surface area contributed by atoms with E-state index >= 15 is 0 Å². The van der Waals surface area contributed by atoms with Gasteiger partial charge in [0, 0.05) is 38.4 Å². The highest BCUT2D eigenvalue weighted by Crippen LogP contribution is 2.19. The third-order valence-electron chi connectivity index (χ3n) is 4.41. The number of pyridine rings is 1. The van der Waals surface area contributed by atoms with E-state index in [9.17, 15) is 14.4 Å². The lowest BCUT2D eigenvalue weighted by molar-refractivity contribution is -0.145. The van der Waals surface area contributed by atoms with Crippen LogP contribution in [0.3, 0.4) is 0 Å². The molecule has 7 heteroatoms. The number of amides is 2. The Bertz CT molecular complexity index is 632. The first kappa shape index (κ1) is 17.9. The zero-order valence-electron chi connectivity index (χ0n) is 14.1. The van der Waals surface area contributed by atoms with Crippen molar-refractivity contribution < 1.29 is 19.5 Å². The average molecular weight is 333 g/mol. The molecule has 130 valence electrons. The molecule has 1 atom stereocenters. The number of nitrogens with zero attached hydrogens (tertiary/aromatic N) is 3. The molecular weight excluding hydrogens is 310 g/mol. The van der Waals surface area contributed by atoms with Gasteiger partial charge < -0.3 is 14.9 Å². The quantitative estimate of drug-likeness (QED) is 0.897. The summed E-state index contributed by atoms with van der Waals surface area (Å²) < 4.78 is 0. The Morgan fingerprint density at radius 3 is 2.71 bits per heavy atom. The zero-order chi connectivity index (χ0) is 17.7. The normalized spacial score (nSPS) is 17.9. The topological polar surface area (TPSA) is 90.8 Å². The van der Waals surface area contributed by atoms with Crippen molar-refractivity contribution in [3.05, 3.63) is 29.6 Å². The summed E-state index contributed by atoms with van der Waals surface area (Å²) in [5.74, 6) is -1.33. The van der Waals surface area contributed by atoms with Crippen LogP contribution in [0.5, 0.6) is 0 Å². The molecular formula is C17H23N3O4. The standard InChI is InChI=1S/C17H23N3O4/c1-12-5-7-18-10-15(12)17(24)19-8-3-4-14(6-9-19)20(13(2)21)11-16(22)23/h5,7,10,14H,3-4,6,8-9,11H2,1-2H3,(H,22,23). The highest BCUT2D eigenvalue weighted by atomic mass is 16.4. The van der Waals surface area contributed by atoms with Gasteiger partial charge in [0.05, 0.1) is 5.56 Å². The first-order valence-corrected chi connectivity index (χ1v) is 8.09. The van der Waals surface area contributed by atoms with Gasteiger partial charge in [0.2, 0.25) is 5.91 Å². The molecule has 0 saturated carbocycles. The first-order chi connectivity index (χ1) is 11.4. The molecule has 1 fully saturated rings. The van der Waals surface area contributed by atoms with Gasteiger partial charge in [-0.1, -0.05) is 0 Å². The maximum atomic E-state index is 12.7. The van der Waals surface area contributed by atoms with Crippen molar-refractivity contribution in [2.45, 2.75) is 39.2 Å². The van der Waals surface area contributed by atoms with Gasteiger partial charge in [-0.05, 0) is 37.8 Å². The molecule has 1 saturated heterocycles. The number of aliphatic carboxylic acids is 1. The van der Waals surface area contributed by atoms with Crippen molar-refractivity contribution in [1.82, 2.24) is 14.8 Å². The Morgan fingerprint density at radius 2 is 2.08 bits per heavy atom. The van der Waals surface area contributed by atoms with Crippen LogP contribution in [0.4, 0.5) is 0 Å². The van der Waals surface area contributed by atoms with E-state index in [-0.39, 0.29) is 24.4 Å². The maximum absolute atomic E-state index is 12.7. The smallest absolute Gasteiger partial charge is 0.323 e. The van der Waals surface area contributed by atoms with Gasteiger partial charge >= 0.3 is 5.97 Å². The van der Waals surface area contributed by atoms with E-state index in [1.54, 1.807) is 23.4 Å². The molecule has 1 aromatic rings. The van der Waals surface area contributed by atoms with Gasteiger partial charge in [0.15, 0.2) is 0 Å². The molecule has 0 bridgehead atoms. The molecule has 0 radical (unpaired) electrons. The lowest BCUT2D eigenvalue weighted by atomic mass is 10.1. The Morgan fingerprint density at radius 1 is 1.33 bits per heavy atom. The van der Waals surface area contributed by atoms with Crippen molar-refractivity contribution in [3.63, 3.8) is 0 Å². The lowest BCUT2D eigenvalue weighted by Crippen LogP contribution is -2.43. The number of likely N-dealkylation sites (tertiary alicyclic amines) is 1. The average Bonchev–Trinajstić information content (AvgIpc) is 2.78. The highest BCUT2D eigenvalue weighted by Gasteiger charge is 2.28. The summed E-state index contributed by atoms with van der Waals surface area (Å²) in [4.78, 5) is 42.6. The van der Waals surface area contributed by atoms with Gasteiger partial charge in [0.1, 0.15) is 6.54 Å². The van der Waals surface area contributed by atoms with Crippen LogP contribution in [0.15, 0.2) is 18.5 Å². The Hall–Kier alpha value is -2.44. The third kappa shape index (κ3) is 4.31. The highest BCUT2D eigenvalue weighted by molar-refractivity contribution is 5.95. The van der Waals surface area contributed by atoms with Crippen LogP contribution >= 0.6 is 0 Å². The Kier molecular flexibility index (Phi) is 5.89. The molecule has 1 aliphatic rings. The molecule has 1 N–H and O–H groups in total. The summed E-state index contributed by atoms with van der Waals surface area (Å²) >= 11 is 0. The lowest BCUT2D eigenvalue weighted by Gasteiger charge is -2.29. The molecule has 0 aromatic carbocycles. The summed E-state index contributed by atoms with van der Waals surface area (Å²) in [7, 11) is 0. The van der Waals surface area contributed by atoms with Crippen LogP contribution in [0.2, 0.25) is 0 Å². The molecule has 2 rings (SSSR count). The number of aromatic nitrogens is 1. The van der Waals surface area contributed by atoms with E-state index in [4.69, 9.17) is 5.11 Å². The van der Waals surface area contributed by atoms with E-state index in [2.05, 4.69) is 4.98 Å². The Balaban J connectivity index is 2.07. The number of carboxylic acid groups (broad SMARTS) is 1. The number of hydrogen-bond acceptors (Lipinski definition) is 4. The number of aryl methyl sites for hydroxylation is 1. The first-order valence-electron chi connectivity index (χ1n) is 8.09. The molecule has 0 spiro atoms. The largest absolute Gasteiger partial charge is 0.480 e. The van der Waals surface area contributed by atoms with Crippen molar-refractivity contribution in [1.29, 1.82) is 0 Å². The number of carbonyl (C=O) groups excluding carboxylic acids is 2. The van der Waals surface area contributed by atoms with E-state index in [0.717, 1.165) is 12.0 Å². The molecule has 24 heavy (non-hydrogen) atoms. The van der Waals surface area contributed by atoms with Crippen LogP contribution < -0.4 is 0 Å². The molecule has 1 aromatic heterocycles. The fourth-order valence-electron chi connectivity index (χ4n) is 3.10. The SMILES string of the molecule is CC(=O)N(CC(=O)O)C1CCCN(C(=O)c2cnccc2C)CC1. The van der Waals surface area contributed by atoms with Crippen molar-refractivity contribution in [2.75, 3.05) is 19.6 Å². The van der Waals surface area contributed by atoms with Gasteiger partial charge in [-0.3, -0.25) is 19.4 Å². The van der Waals surface area contributed by atoms with Gasteiger partial charge in [-0.25, -0.2) is 0 Å². The van der Waals surface area contributed by atoms with E-state index in [1.165, 1.54) is 11.8 Å². The number of hydrogen-bond donors (Lipinski definition) is 1. The summed E-state index contributed by atoms with van der Waals surface area (Å²) in [6.07, 6.45) is 5.24. The van der Waals surface area contributed by atoms with Crippen molar-refractivity contribution in [3.8, 4) is 0 Å². The van der Waals surface area contributed by atoms with Crippen molar-refractivity contribution in [2.24, 2.45) is 0 Å². The predicted molar refractivity (Wildman–Crippen MR) is 87.5 cm³/mol. The fourth-order valence-corrected chi connectivity index (χ4v) is 3.10. The summed E-state index contributed by atoms with van der Waals surface area (Å²) in [6.45, 7) is 4.06. The molecule has 2 heterocycles. The fraction of sp³-hybridized carbons (Fsp3) is 0.529. The van der Waals surface area contributed by atoms with Crippen LogP contribution in [0, 0.1) is 6.92 Å². The second kappa shape index (κ2) is 7.90. The summed E-state index contributed by atoms with van der Waals surface area (Å²) in [5, 5.41) is 8.99. The van der Waals surface area contributed by atoms with E-state index in [1.807, 2.05) is 6.92 Å². The second-order valence-corrected chi connectivity index (χ2v) is 6.11. The van der Waals surface area contributed by atoms with Crippen LogP contribution in [0.25, 0.3) is 0 Å². The van der Waals surface area contributed by atoms with E-state index < -0.39 is 5.97 Å². The predicted octanol–water partition coefficient (Wildman–Crippen LogP) is 1.32. The minimum absolute atomic E-state index is 0.0612. The minimum Gasteiger partial charge on any atom is -0.480 e. The summed E-state index contributed by atoms with van der Waals surface area (Å²) in [6, 6.07) is 1.66. The number of carboxylic acids is 1. The minimum atomic E-state index is -1.02. The molecule has 2 amide bonds. The van der Waals surface area contributed by atoms with Gasteiger partial charge in [-0.2, -0.15) is 0 Å². The molecule has 7 nitrogen and oxygen atoms in total. The summed E-state index contributed by atoms with van der Waals surface area (Å²) in [5.41, 5.74) is 1.47. The van der Waals surface area contributed by atoms with E-state index in [0.29, 0.717) is 31.5 Å². The van der Waals surface area contributed by atoms with Crippen LogP contribution in [0.1, 0.15) is 42.1 Å². The zero-order valence-corrected chi connectivity index (χ0v) is 14.1. The molecule has 1 unspecified atom stereocenters. The monoisotopic (exact) mass is 333 g/mol. The van der Waals surface area contributed by atoms with Crippen molar-refractivity contribution >= 4 is 17.8 Å². The maximum Gasteiger partial charge on any atom is 0.323 e. The van der Waals surface area contributed by atoms with Gasteiger partial charge in [-0.15, -0.1) is 0 Å². The number of carbonyl (C=O) groups is 3. The van der Waals surface area contributed by atoms with Gasteiger partial charge in [0.25, 0.3) is 5.91 Å². The second-order valence-electron chi connectivity index (χ2n) is 6.11. The molecule has 1 aliphatic heterocycles. The van der Waals surface area contributed by atoms with Crippen LogP contribution in [-0.4, -0.2) is 63.4 Å². The van der Waals surface area contributed by atoms with Crippen LogP contribution in [-0.2, 0) is 9.59 Å². The third-order valence-corrected chi connectivity index (χ3v) is 4.41.